The molecule has 0 aliphatic carbocycles. The second-order valence-corrected chi connectivity index (χ2v) is 4.82. The van der Waals surface area contributed by atoms with Crippen LogP contribution in [0.2, 0.25) is 0 Å². The van der Waals surface area contributed by atoms with Gasteiger partial charge in [0.1, 0.15) is 12.4 Å². The number of para-hydroxylation sites is 1. The SMILES string of the molecule is OCCOc1ccccc1C1CCSC1. The third-order valence-electron chi connectivity index (χ3n) is 2.64. The van der Waals surface area contributed by atoms with Crippen molar-refractivity contribution in [3.63, 3.8) is 0 Å². The number of ether oxygens (including phenoxy) is 1. The van der Waals surface area contributed by atoms with Crippen molar-refractivity contribution in [1.29, 1.82) is 0 Å². The van der Waals surface area contributed by atoms with Crippen molar-refractivity contribution in [3.05, 3.63) is 29.8 Å². The number of thioether (sulfide) groups is 1. The molecule has 1 aliphatic rings. The summed E-state index contributed by atoms with van der Waals surface area (Å²) in [6.45, 7) is 0.463. The molecular weight excluding hydrogens is 208 g/mol. The van der Waals surface area contributed by atoms with E-state index in [0.717, 1.165) is 5.75 Å². The van der Waals surface area contributed by atoms with Crippen molar-refractivity contribution in [2.24, 2.45) is 0 Å². The largest absolute Gasteiger partial charge is 0.491 e. The molecule has 1 N–H and O–H groups in total. The normalized spacial score (nSPS) is 20.5. The van der Waals surface area contributed by atoms with Crippen LogP contribution in [0.15, 0.2) is 24.3 Å². The Morgan fingerprint density at radius 3 is 3.00 bits per heavy atom. The lowest BCUT2D eigenvalue weighted by Crippen LogP contribution is -2.06. The summed E-state index contributed by atoms with van der Waals surface area (Å²) in [5, 5.41) is 8.75. The number of benzene rings is 1. The predicted octanol–water partition coefficient (Wildman–Crippen LogP) is 2.28. The highest BCUT2D eigenvalue weighted by Crippen LogP contribution is 2.36. The molecule has 1 fully saturated rings. The Morgan fingerprint density at radius 1 is 1.40 bits per heavy atom. The molecular formula is C12H16O2S. The van der Waals surface area contributed by atoms with E-state index in [1.807, 2.05) is 23.9 Å². The smallest absolute Gasteiger partial charge is 0.122 e. The Balaban J connectivity index is 2.13. The molecule has 1 aliphatic heterocycles. The van der Waals surface area contributed by atoms with Gasteiger partial charge in [-0.1, -0.05) is 18.2 Å². The average Bonchev–Trinajstić information content (AvgIpc) is 2.80. The van der Waals surface area contributed by atoms with Gasteiger partial charge < -0.3 is 9.84 Å². The highest BCUT2D eigenvalue weighted by atomic mass is 32.2. The van der Waals surface area contributed by atoms with Gasteiger partial charge in [0, 0.05) is 5.75 Å². The fourth-order valence-corrected chi connectivity index (χ4v) is 3.13. The topological polar surface area (TPSA) is 29.5 Å². The van der Waals surface area contributed by atoms with Crippen LogP contribution in [0.4, 0.5) is 0 Å². The predicted molar refractivity (Wildman–Crippen MR) is 63.7 cm³/mol. The fourth-order valence-electron chi connectivity index (χ4n) is 1.88. The second kappa shape index (κ2) is 5.42. The maximum atomic E-state index is 8.75. The van der Waals surface area contributed by atoms with Crippen molar-refractivity contribution >= 4 is 11.8 Å². The summed E-state index contributed by atoms with van der Waals surface area (Å²) in [4.78, 5) is 0. The van der Waals surface area contributed by atoms with E-state index in [2.05, 4.69) is 12.1 Å². The van der Waals surface area contributed by atoms with Crippen molar-refractivity contribution in [2.45, 2.75) is 12.3 Å². The maximum Gasteiger partial charge on any atom is 0.122 e. The minimum atomic E-state index is 0.0771. The highest BCUT2D eigenvalue weighted by molar-refractivity contribution is 7.99. The van der Waals surface area contributed by atoms with Crippen LogP contribution < -0.4 is 4.74 Å². The first-order valence-corrected chi connectivity index (χ1v) is 6.47. The van der Waals surface area contributed by atoms with Crippen LogP contribution in [0.1, 0.15) is 17.9 Å². The Bertz CT molecular complexity index is 308. The maximum absolute atomic E-state index is 8.75. The van der Waals surface area contributed by atoms with Crippen molar-refractivity contribution in [1.82, 2.24) is 0 Å². The Morgan fingerprint density at radius 2 is 2.27 bits per heavy atom. The van der Waals surface area contributed by atoms with Gasteiger partial charge >= 0.3 is 0 Å². The van der Waals surface area contributed by atoms with E-state index < -0.39 is 0 Å². The van der Waals surface area contributed by atoms with Crippen LogP contribution in [0.25, 0.3) is 0 Å². The summed E-state index contributed by atoms with van der Waals surface area (Å²) < 4.78 is 5.54. The molecule has 1 atom stereocenters. The van der Waals surface area contributed by atoms with Gasteiger partial charge in [-0.3, -0.25) is 0 Å². The summed E-state index contributed by atoms with van der Waals surface area (Å²) in [7, 11) is 0. The molecule has 1 unspecified atom stereocenters. The van der Waals surface area contributed by atoms with Crippen molar-refractivity contribution in [3.8, 4) is 5.75 Å². The van der Waals surface area contributed by atoms with E-state index >= 15 is 0 Å². The van der Waals surface area contributed by atoms with E-state index in [-0.39, 0.29) is 6.61 Å². The Kier molecular flexibility index (Phi) is 3.92. The lowest BCUT2D eigenvalue weighted by Gasteiger charge is -2.14. The first kappa shape index (κ1) is 10.8. The molecule has 0 amide bonds. The van der Waals surface area contributed by atoms with Gasteiger partial charge in [-0.15, -0.1) is 0 Å². The van der Waals surface area contributed by atoms with E-state index in [0.29, 0.717) is 12.5 Å². The second-order valence-electron chi connectivity index (χ2n) is 3.67. The molecule has 15 heavy (non-hydrogen) atoms. The number of rotatable bonds is 4. The number of hydrogen-bond acceptors (Lipinski definition) is 3. The monoisotopic (exact) mass is 224 g/mol. The zero-order valence-corrected chi connectivity index (χ0v) is 9.50. The first-order chi connectivity index (χ1) is 7.42. The van der Waals surface area contributed by atoms with E-state index in [1.165, 1.54) is 23.5 Å². The van der Waals surface area contributed by atoms with Gasteiger partial charge in [-0.2, -0.15) is 11.8 Å². The summed E-state index contributed by atoms with van der Waals surface area (Å²) >= 11 is 2.00. The molecule has 0 bridgehead atoms. The van der Waals surface area contributed by atoms with Gasteiger partial charge in [0.25, 0.3) is 0 Å². The lowest BCUT2D eigenvalue weighted by molar-refractivity contribution is 0.200. The Hall–Kier alpha value is -0.670. The molecule has 0 radical (unpaired) electrons. The van der Waals surface area contributed by atoms with Crippen LogP contribution in [0, 0.1) is 0 Å². The first-order valence-electron chi connectivity index (χ1n) is 5.32. The number of hydrogen-bond donors (Lipinski definition) is 1. The van der Waals surface area contributed by atoms with Crippen molar-refractivity contribution < 1.29 is 9.84 Å². The van der Waals surface area contributed by atoms with Crippen molar-refractivity contribution in [2.75, 3.05) is 24.7 Å². The zero-order chi connectivity index (χ0) is 10.5. The summed E-state index contributed by atoms with van der Waals surface area (Å²) in [5.74, 6) is 4.02. The van der Waals surface area contributed by atoms with Crippen LogP contribution in [-0.4, -0.2) is 29.8 Å². The van der Waals surface area contributed by atoms with Gasteiger partial charge in [0.05, 0.1) is 6.61 Å². The summed E-state index contributed by atoms with van der Waals surface area (Å²) in [6, 6.07) is 8.18. The quantitative estimate of drug-likeness (QED) is 0.851. The Labute approximate surface area is 94.6 Å². The van der Waals surface area contributed by atoms with E-state index in [4.69, 9.17) is 9.84 Å². The molecule has 1 saturated heterocycles. The molecule has 0 spiro atoms. The van der Waals surface area contributed by atoms with Crippen LogP contribution >= 0.6 is 11.8 Å². The van der Waals surface area contributed by atoms with Gasteiger partial charge in [-0.05, 0) is 29.7 Å². The van der Waals surface area contributed by atoms with E-state index in [9.17, 15) is 0 Å². The molecule has 1 aromatic rings. The van der Waals surface area contributed by atoms with Gasteiger partial charge in [-0.25, -0.2) is 0 Å². The fraction of sp³-hybridized carbons (Fsp3) is 0.500. The zero-order valence-electron chi connectivity index (χ0n) is 8.69. The average molecular weight is 224 g/mol. The van der Waals surface area contributed by atoms with Gasteiger partial charge in [0.2, 0.25) is 0 Å². The van der Waals surface area contributed by atoms with Gasteiger partial charge in [0.15, 0.2) is 0 Å². The third kappa shape index (κ3) is 2.67. The van der Waals surface area contributed by atoms with E-state index in [1.54, 1.807) is 0 Å². The molecule has 3 heteroatoms. The molecule has 2 rings (SSSR count). The minimum absolute atomic E-state index is 0.0771. The molecule has 2 nitrogen and oxygen atoms in total. The molecule has 0 aromatic heterocycles. The summed E-state index contributed by atoms with van der Waals surface area (Å²) in [5.41, 5.74) is 1.30. The molecule has 1 aromatic carbocycles. The standard InChI is InChI=1S/C12H16O2S/c13-6-7-14-12-4-2-1-3-11(12)10-5-8-15-9-10/h1-4,10,13H,5-9H2. The van der Waals surface area contributed by atoms with Crippen LogP contribution in [0.3, 0.4) is 0 Å². The molecule has 0 saturated carbocycles. The molecule has 1 heterocycles. The van der Waals surface area contributed by atoms with Crippen LogP contribution in [-0.2, 0) is 0 Å². The lowest BCUT2D eigenvalue weighted by atomic mass is 9.98. The van der Waals surface area contributed by atoms with Crippen LogP contribution in [0.5, 0.6) is 5.75 Å². The highest BCUT2D eigenvalue weighted by Gasteiger charge is 2.20. The minimum Gasteiger partial charge on any atom is -0.491 e. The third-order valence-corrected chi connectivity index (χ3v) is 3.80. The summed E-state index contributed by atoms with van der Waals surface area (Å²) in [6.07, 6.45) is 1.24. The number of aliphatic hydroxyl groups excluding tert-OH is 1. The number of aliphatic hydroxyl groups is 1. The molecule has 82 valence electrons.